The van der Waals surface area contributed by atoms with E-state index in [9.17, 15) is 4.79 Å². The Kier molecular flexibility index (Phi) is 6.30. The molecule has 2 saturated heterocycles. The number of nitrogens with zero attached hydrogens (tertiary/aromatic N) is 2. The van der Waals surface area contributed by atoms with Gasteiger partial charge in [0.15, 0.2) is 0 Å². The number of carbonyl (C=O) groups is 1. The summed E-state index contributed by atoms with van der Waals surface area (Å²) >= 11 is 0. The van der Waals surface area contributed by atoms with Crippen molar-refractivity contribution in [2.75, 3.05) is 39.4 Å². The first-order valence-corrected chi connectivity index (χ1v) is 14.6. The summed E-state index contributed by atoms with van der Waals surface area (Å²) in [5.41, 5.74) is 0.635. The van der Waals surface area contributed by atoms with Gasteiger partial charge in [-0.1, -0.05) is 13.8 Å². The van der Waals surface area contributed by atoms with Gasteiger partial charge in [0.05, 0.1) is 13.2 Å². The van der Waals surface area contributed by atoms with E-state index in [-0.39, 0.29) is 17.5 Å². The van der Waals surface area contributed by atoms with Crippen molar-refractivity contribution in [1.82, 2.24) is 9.80 Å². The molecule has 9 atom stereocenters. The van der Waals surface area contributed by atoms with Gasteiger partial charge in [0, 0.05) is 37.5 Å². The molecule has 0 aromatic heterocycles. The Bertz CT molecular complexity index is 762. The number of fused-ring (bicyclic) bond motifs is 5. The van der Waals surface area contributed by atoms with Gasteiger partial charge in [-0.2, -0.15) is 0 Å². The summed E-state index contributed by atoms with van der Waals surface area (Å²) in [5.74, 6) is 3.21. The number of likely N-dealkylation sites (tertiary alicyclic amines) is 1. The van der Waals surface area contributed by atoms with Gasteiger partial charge in [0.2, 0.25) is 0 Å². The first-order valence-electron chi connectivity index (χ1n) is 14.6. The summed E-state index contributed by atoms with van der Waals surface area (Å²) in [6.07, 6.45) is 13.6. The maximum absolute atomic E-state index is 12.2. The highest BCUT2D eigenvalue weighted by Gasteiger charge is 2.64. The normalized spacial score (nSPS) is 49.8. The molecule has 3 unspecified atom stereocenters. The predicted molar refractivity (Wildman–Crippen MR) is 133 cm³/mol. The van der Waals surface area contributed by atoms with Gasteiger partial charge < -0.3 is 9.47 Å². The van der Waals surface area contributed by atoms with E-state index in [1.165, 1.54) is 77.3 Å². The minimum absolute atomic E-state index is 0.0745. The molecule has 0 bridgehead atoms. The summed E-state index contributed by atoms with van der Waals surface area (Å²) in [5, 5.41) is 0. The van der Waals surface area contributed by atoms with Gasteiger partial charge in [-0.15, -0.1) is 0 Å². The van der Waals surface area contributed by atoms with Crippen molar-refractivity contribution in [2.24, 2.45) is 34.5 Å². The second-order valence-electron chi connectivity index (χ2n) is 13.4. The summed E-state index contributed by atoms with van der Waals surface area (Å²) in [4.78, 5) is 17.7. The van der Waals surface area contributed by atoms with E-state index < -0.39 is 0 Å². The zero-order valence-electron chi connectivity index (χ0n) is 22.0. The Hall–Kier alpha value is -0.650. The minimum atomic E-state index is -0.0745. The quantitative estimate of drug-likeness (QED) is 0.555. The fourth-order valence-electron chi connectivity index (χ4n) is 10.4. The Morgan fingerprint density at radius 2 is 1.62 bits per heavy atom. The molecule has 2 heterocycles. The summed E-state index contributed by atoms with van der Waals surface area (Å²) in [6, 6.07) is 1.20. The molecule has 5 heteroatoms. The number of carbonyl (C=O) groups excluding carboxylic acids is 1. The average molecular weight is 473 g/mol. The number of rotatable bonds is 3. The van der Waals surface area contributed by atoms with Crippen LogP contribution in [0.5, 0.6) is 0 Å². The van der Waals surface area contributed by atoms with Crippen LogP contribution in [0.3, 0.4) is 0 Å². The Balaban J connectivity index is 1.26. The molecule has 0 spiro atoms. The molecule has 4 saturated carbocycles. The molecule has 0 amide bonds. The van der Waals surface area contributed by atoms with E-state index >= 15 is 0 Å². The molecule has 0 aromatic carbocycles. The summed E-state index contributed by atoms with van der Waals surface area (Å²) in [6.45, 7) is 13.3. The Labute approximate surface area is 207 Å². The lowest BCUT2D eigenvalue weighted by Gasteiger charge is -2.61. The smallest absolute Gasteiger partial charge is 0.302 e. The van der Waals surface area contributed by atoms with Crippen LogP contribution in [0.4, 0.5) is 0 Å². The predicted octanol–water partition coefficient (Wildman–Crippen LogP) is 4.74. The van der Waals surface area contributed by atoms with Crippen molar-refractivity contribution in [3.05, 3.63) is 0 Å². The van der Waals surface area contributed by atoms with Gasteiger partial charge in [-0.25, -0.2) is 0 Å². The van der Waals surface area contributed by atoms with Gasteiger partial charge >= 0.3 is 5.97 Å². The SMILES string of the molecule is CC(=O)O[C@H]1[C@@H](N2CCCC2)CC2C3CC[C@H]4CC[C@@H](N5CCOCC5)C[C@]4(C)C3CC[C@@]21C. The van der Waals surface area contributed by atoms with Crippen LogP contribution in [0, 0.1) is 34.5 Å². The van der Waals surface area contributed by atoms with Gasteiger partial charge in [-0.05, 0) is 106 Å². The molecule has 5 nitrogen and oxygen atoms in total. The lowest BCUT2D eigenvalue weighted by Crippen LogP contribution is -2.57. The third-order valence-corrected chi connectivity index (χ3v) is 12.0. The molecule has 0 radical (unpaired) electrons. The van der Waals surface area contributed by atoms with Crippen molar-refractivity contribution in [2.45, 2.75) is 103 Å². The van der Waals surface area contributed by atoms with Gasteiger partial charge in [0.25, 0.3) is 0 Å². The molecule has 6 aliphatic rings. The van der Waals surface area contributed by atoms with E-state index in [2.05, 4.69) is 23.6 Å². The number of hydrogen-bond donors (Lipinski definition) is 0. The molecule has 192 valence electrons. The maximum Gasteiger partial charge on any atom is 0.302 e. The second kappa shape index (κ2) is 9.03. The Morgan fingerprint density at radius 3 is 2.35 bits per heavy atom. The molecule has 4 aliphatic carbocycles. The monoisotopic (exact) mass is 472 g/mol. The number of esters is 1. The van der Waals surface area contributed by atoms with Gasteiger partial charge in [-0.3, -0.25) is 14.6 Å². The van der Waals surface area contributed by atoms with Crippen molar-refractivity contribution in [1.29, 1.82) is 0 Å². The standard InChI is InChI=1S/C29H48N2O3/c1-20(32)34-27-26(31-12-4-5-13-31)18-25-23-9-7-21-6-8-22(30-14-16-33-17-15-30)19-29(21,3)24(23)10-11-28(25,27)2/h21-27H,4-19H2,1-3H3/t21-,22-,23?,24?,25?,26+,27+,28+,29+/m1/s1. The van der Waals surface area contributed by atoms with E-state index in [4.69, 9.17) is 9.47 Å². The molecule has 6 rings (SSSR count). The molecule has 0 aromatic rings. The lowest BCUT2D eigenvalue weighted by molar-refractivity contribution is -0.166. The van der Waals surface area contributed by atoms with E-state index in [0.717, 1.165) is 50.1 Å². The number of ether oxygens (including phenoxy) is 2. The molecule has 34 heavy (non-hydrogen) atoms. The minimum Gasteiger partial charge on any atom is -0.460 e. The zero-order chi connectivity index (χ0) is 23.5. The van der Waals surface area contributed by atoms with Crippen molar-refractivity contribution in [3.8, 4) is 0 Å². The molecule has 0 N–H and O–H groups in total. The fraction of sp³-hybridized carbons (Fsp3) is 0.966. The van der Waals surface area contributed by atoms with Gasteiger partial charge in [0.1, 0.15) is 6.10 Å². The third kappa shape index (κ3) is 3.78. The Morgan fingerprint density at radius 1 is 0.882 bits per heavy atom. The largest absolute Gasteiger partial charge is 0.460 e. The van der Waals surface area contributed by atoms with Crippen LogP contribution in [-0.4, -0.2) is 73.3 Å². The van der Waals surface area contributed by atoms with E-state index in [1.807, 2.05) is 0 Å². The number of hydrogen-bond acceptors (Lipinski definition) is 5. The van der Waals surface area contributed by atoms with Crippen LogP contribution < -0.4 is 0 Å². The highest BCUT2D eigenvalue weighted by molar-refractivity contribution is 5.66. The topological polar surface area (TPSA) is 42.0 Å². The summed E-state index contributed by atoms with van der Waals surface area (Å²) in [7, 11) is 0. The average Bonchev–Trinajstić information content (AvgIpc) is 3.45. The van der Waals surface area contributed by atoms with Crippen LogP contribution >= 0.6 is 0 Å². The first kappa shape index (κ1) is 23.7. The van der Waals surface area contributed by atoms with E-state index in [0.29, 0.717) is 17.4 Å². The summed E-state index contributed by atoms with van der Waals surface area (Å²) < 4.78 is 11.9. The van der Waals surface area contributed by atoms with Crippen LogP contribution in [0.2, 0.25) is 0 Å². The molecule has 2 aliphatic heterocycles. The second-order valence-corrected chi connectivity index (χ2v) is 13.4. The van der Waals surface area contributed by atoms with Crippen LogP contribution in [0.1, 0.15) is 85.0 Å². The fourth-order valence-corrected chi connectivity index (χ4v) is 10.4. The van der Waals surface area contributed by atoms with E-state index in [1.54, 1.807) is 6.92 Å². The zero-order valence-corrected chi connectivity index (χ0v) is 22.0. The maximum atomic E-state index is 12.2. The molecule has 6 fully saturated rings. The van der Waals surface area contributed by atoms with Crippen LogP contribution in [-0.2, 0) is 14.3 Å². The third-order valence-electron chi connectivity index (χ3n) is 12.0. The highest BCUT2D eigenvalue weighted by Crippen LogP contribution is 2.67. The number of morpholine rings is 1. The first-order chi connectivity index (χ1) is 16.4. The van der Waals surface area contributed by atoms with Crippen molar-refractivity contribution in [3.63, 3.8) is 0 Å². The van der Waals surface area contributed by atoms with Crippen molar-refractivity contribution >= 4 is 5.97 Å². The van der Waals surface area contributed by atoms with Crippen molar-refractivity contribution < 1.29 is 14.3 Å². The van der Waals surface area contributed by atoms with Crippen LogP contribution in [0.25, 0.3) is 0 Å². The lowest BCUT2D eigenvalue weighted by atomic mass is 9.45. The molecular weight excluding hydrogens is 424 g/mol. The van der Waals surface area contributed by atoms with Crippen LogP contribution in [0.15, 0.2) is 0 Å². The molecular formula is C29H48N2O3. The highest BCUT2D eigenvalue weighted by atomic mass is 16.5.